The largest absolute Gasteiger partial charge is 0.506 e. The number of phenols is 1. The molecule has 0 amide bonds. The van der Waals surface area contributed by atoms with E-state index >= 15 is 0 Å². The zero-order valence-electron chi connectivity index (χ0n) is 11.1. The summed E-state index contributed by atoms with van der Waals surface area (Å²) >= 11 is 0. The van der Waals surface area contributed by atoms with Gasteiger partial charge < -0.3 is 9.84 Å². The van der Waals surface area contributed by atoms with Crippen molar-refractivity contribution in [3.05, 3.63) is 42.0 Å². The van der Waals surface area contributed by atoms with Gasteiger partial charge in [0, 0.05) is 5.39 Å². The number of unbranched alkanes of at least 4 members (excludes halogenated alkanes) is 2. The summed E-state index contributed by atoms with van der Waals surface area (Å²) in [6.45, 7) is 2.50. The molecule has 0 atom stereocenters. The van der Waals surface area contributed by atoms with Crippen LogP contribution < -0.4 is 0 Å². The number of rotatable bonds is 5. The minimum atomic E-state index is -0.459. The van der Waals surface area contributed by atoms with Crippen molar-refractivity contribution in [3.8, 4) is 5.75 Å². The fraction of sp³-hybridized carbons (Fsp3) is 0.312. The number of carbonyl (C=O) groups is 1. The van der Waals surface area contributed by atoms with Crippen LogP contribution in [-0.4, -0.2) is 17.7 Å². The molecule has 0 saturated heterocycles. The molecule has 0 heterocycles. The third kappa shape index (κ3) is 3.05. The van der Waals surface area contributed by atoms with Crippen LogP contribution in [0.2, 0.25) is 0 Å². The van der Waals surface area contributed by atoms with E-state index in [9.17, 15) is 9.90 Å². The third-order valence-corrected chi connectivity index (χ3v) is 3.10. The van der Waals surface area contributed by atoms with Gasteiger partial charge >= 0.3 is 5.97 Å². The highest BCUT2D eigenvalue weighted by Crippen LogP contribution is 2.28. The first-order valence-electron chi connectivity index (χ1n) is 6.62. The molecule has 100 valence electrons. The van der Waals surface area contributed by atoms with Crippen LogP contribution >= 0.6 is 0 Å². The number of ether oxygens (including phenoxy) is 1. The van der Waals surface area contributed by atoms with Crippen LogP contribution in [0.3, 0.4) is 0 Å². The van der Waals surface area contributed by atoms with Crippen molar-refractivity contribution >= 4 is 16.7 Å². The molecule has 19 heavy (non-hydrogen) atoms. The van der Waals surface area contributed by atoms with E-state index < -0.39 is 5.97 Å². The summed E-state index contributed by atoms with van der Waals surface area (Å²) in [5.41, 5.74) is 0.232. The lowest BCUT2D eigenvalue weighted by atomic mass is 10.1. The Morgan fingerprint density at radius 1 is 1.16 bits per heavy atom. The molecule has 0 spiro atoms. The van der Waals surface area contributed by atoms with Gasteiger partial charge in [0.25, 0.3) is 0 Å². The van der Waals surface area contributed by atoms with E-state index in [0.717, 1.165) is 24.6 Å². The molecule has 0 aliphatic heterocycles. The van der Waals surface area contributed by atoms with Crippen LogP contribution in [0.1, 0.15) is 36.5 Å². The Balaban J connectivity index is 2.16. The van der Waals surface area contributed by atoms with E-state index in [1.165, 1.54) is 0 Å². The van der Waals surface area contributed by atoms with Gasteiger partial charge in [-0.2, -0.15) is 0 Å². The van der Waals surface area contributed by atoms with Crippen molar-refractivity contribution in [3.63, 3.8) is 0 Å². The summed E-state index contributed by atoms with van der Waals surface area (Å²) in [4.78, 5) is 11.9. The van der Waals surface area contributed by atoms with Crippen LogP contribution in [-0.2, 0) is 4.74 Å². The SMILES string of the molecule is CCCCCOC(=O)c1ccc2ccccc2c1O. The fourth-order valence-corrected chi connectivity index (χ4v) is 2.01. The highest BCUT2D eigenvalue weighted by Gasteiger charge is 2.14. The third-order valence-electron chi connectivity index (χ3n) is 3.10. The van der Waals surface area contributed by atoms with Crippen molar-refractivity contribution in [2.45, 2.75) is 26.2 Å². The molecular formula is C16H18O3. The van der Waals surface area contributed by atoms with Gasteiger partial charge in [0.15, 0.2) is 0 Å². The fourth-order valence-electron chi connectivity index (χ4n) is 2.01. The maximum absolute atomic E-state index is 11.9. The Morgan fingerprint density at radius 3 is 2.74 bits per heavy atom. The Morgan fingerprint density at radius 2 is 1.95 bits per heavy atom. The Kier molecular flexibility index (Phi) is 4.39. The van der Waals surface area contributed by atoms with Crippen LogP contribution in [0.15, 0.2) is 36.4 Å². The van der Waals surface area contributed by atoms with Crippen LogP contribution in [0.4, 0.5) is 0 Å². The van der Waals surface area contributed by atoms with Crippen LogP contribution in [0.5, 0.6) is 5.75 Å². The molecule has 3 nitrogen and oxygen atoms in total. The van der Waals surface area contributed by atoms with Gasteiger partial charge in [-0.3, -0.25) is 0 Å². The number of phenolic OH excluding ortho intramolecular Hbond substituents is 1. The molecule has 0 bridgehead atoms. The molecule has 0 fully saturated rings. The molecule has 3 heteroatoms. The van der Waals surface area contributed by atoms with Crippen molar-refractivity contribution in [2.75, 3.05) is 6.61 Å². The lowest BCUT2D eigenvalue weighted by Gasteiger charge is -2.08. The molecule has 2 aromatic carbocycles. The topological polar surface area (TPSA) is 46.5 Å². The van der Waals surface area contributed by atoms with Gasteiger partial charge in [0.05, 0.1) is 6.61 Å². The minimum Gasteiger partial charge on any atom is -0.506 e. The molecule has 0 radical (unpaired) electrons. The average Bonchev–Trinajstić information content (AvgIpc) is 2.44. The molecule has 1 N–H and O–H groups in total. The monoisotopic (exact) mass is 258 g/mol. The number of benzene rings is 2. The lowest BCUT2D eigenvalue weighted by molar-refractivity contribution is 0.0495. The Bertz CT molecular complexity index is 575. The van der Waals surface area contributed by atoms with Gasteiger partial charge in [0.2, 0.25) is 0 Å². The number of aromatic hydroxyl groups is 1. The number of esters is 1. The van der Waals surface area contributed by atoms with Crippen LogP contribution in [0.25, 0.3) is 10.8 Å². The Hall–Kier alpha value is -2.03. The summed E-state index contributed by atoms with van der Waals surface area (Å²) in [5.74, 6) is -0.460. The smallest absolute Gasteiger partial charge is 0.341 e. The molecule has 0 aliphatic carbocycles. The minimum absolute atomic E-state index is 0.00130. The molecule has 0 aromatic heterocycles. The second kappa shape index (κ2) is 6.23. The Labute approximate surface area is 112 Å². The molecule has 0 saturated carbocycles. The maximum atomic E-state index is 11.9. The second-order valence-electron chi connectivity index (χ2n) is 4.53. The summed E-state index contributed by atoms with van der Waals surface area (Å²) in [5, 5.41) is 11.7. The zero-order valence-corrected chi connectivity index (χ0v) is 11.1. The van der Waals surface area contributed by atoms with Crippen LogP contribution in [0, 0.1) is 0 Å². The van der Waals surface area contributed by atoms with E-state index in [2.05, 4.69) is 6.92 Å². The van der Waals surface area contributed by atoms with E-state index in [1.54, 1.807) is 12.1 Å². The van der Waals surface area contributed by atoms with Gasteiger partial charge in [-0.25, -0.2) is 4.79 Å². The van der Waals surface area contributed by atoms with E-state index in [0.29, 0.717) is 12.0 Å². The summed E-state index contributed by atoms with van der Waals surface area (Å²) in [7, 11) is 0. The zero-order chi connectivity index (χ0) is 13.7. The summed E-state index contributed by atoms with van der Waals surface area (Å²) in [6.07, 6.45) is 2.98. The summed E-state index contributed by atoms with van der Waals surface area (Å²) in [6, 6.07) is 10.8. The molecule has 2 aromatic rings. The number of fused-ring (bicyclic) bond motifs is 1. The van der Waals surface area contributed by atoms with E-state index in [-0.39, 0.29) is 11.3 Å². The lowest BCUT2D eigenvalue weighted by Crippen LogP contribution is -2.06. The predicted octanol–water partition coefficient (Wildman–Crippen LogP) is 3.89. The average molecular weight is 258 g/mol. The van der Waals surface area contributed by atoms with E-state index in [4.69, 9.17) is 4.74 Å². The van der Waals surface area contributed by atoms with Gasteiger partial charge in [-0.1, -0.05) is 50.1 Å². The van der Waals surface area contributed by atoms with Gasteiger partial charge in [-0.05, 0) is 17.9 Å². The van der Waals surface area contributed by atoms with Crippen molar-refractivity contribution < 1.29 is 14.6 Å². The standard InChI is InChI=1S/C16H18O3/c1-2-3-6-11-19-16(18)14-10-9-12-7-4-5-8-13(12)15(14)17/h4-5,7-10,17H,2-3,6,11H2,1H3. The normalized spacial score (nSPS) is 10.6. The highest BCUT2D eigenvalue weighted by atomic mass is 16.5. The first-order chi connectivity index (χ1) is 9.24. The number of hydrogen-bond acceptors (Lipinski definition) is 3. The number of hydrogen-bond donors (Lipinski definition) is 1. The van der Waals surface area contributed by atoms with Crippen molar-refractivity contribution in [1.29, 1.82) is 0 Å². The number of carbonyl (C=O) groups excluding carboxylic acids is 1. The van der Waals surface area contributed by atoms with Crippen molar-refractivity contribution in [1.82, 2.24) is 0 Å². The highest BCUT2D eigenvalue weighted by molar-refractivity contribution is 6.01. The summed E-state index contributed by atoms with van der Waals surface area (Å²) < 4.78 is 5.16. The molecule has 0 aliphatic rings. The maximum Gasteiger partial charge on any atom is 0.341 e. The van der Waals surface area contributed by atoms with E-state index in [1.807, 2.05) is 24.3 Å². The van der Waals surface area contributed by atoms with Crippen molar-refractivity contribution in [2.24, 2.45) is 0 Å². The quantitative estimate of drug-likeness (QED) is 0.653. The van der Waals surface area contributed by atoms with Gasteiger partial charge in [0.1, 0.15) is 11.3 Å². The molecule has 2 rings (SSSR count). The first kappa shape index (κ1) is 13.4. The first-order valence-corrected chi connectivity index (χ1v) is 6.62. The van der Waals surface area contributed by atoms with Gasteiger partial charge in [-0.15, -0.1) is 0 Å². The predicted molar refractivity (Wildman–Crippen MR) is 75.4 cm³/mol. The molecule has 0 unspecified atom stereocenters. The second-order valence-corrected chi connectivity index (χ2v) is 4.53. The molecular weight excluding hydrogens is 240 g/mol.